The normalized spacial score (nSPS) is 10.4. The van der Waals surface area contributed by atoms with Crippen molar-refractivity contribution in [2.24, 2.45) is 5.73 Å². The third kappa shape index (κ3) is 3.65. The third-order valence-electron chi connectivity index (χ3n) is 2.78. The molecule has 0 spiro atoms. The predicted octanol–water partition coefficient (Wildman–Crippen LogP) is 1.89. The molecule has 2 N–H and O–H groups in total. The van der Waals surface area contributed by atoms with Gasteiger partial charge < -0.3 is 15.4 Å². The average Bonchev–Trinajstić information content (AvgIpc) is 2.34. The van der Waals surface area contributed by atoms with E-state index in [-0.39, 0.29) is 0 Å². The number of hydrogen-bond donors (Lipinski definition) is 1. The summed E-state index contributed by atoms with van der Waals surface area (Å²) in [7, 11) is 0. The highest BCUT2D eigenvalue weighted by molar-refractivity contribution is 7.80. The van der Waals surface area contributed by atoms with Gasteiger partial charge in [-0.05, 0) is 32.4 Å². The molecule has 1 aromatic rings. The van der Waals surface area contributed by atoms with Crippen LogP contribution in [-0.2, 0) is 4.74 Å². The Morgan fingerprint density at radius 1 is 1.50 bits per heavy atom. The van der Waals surface area contributed by atoms with E-state index in [1.807, 2.05) is 19.9 Å². The van der Waals surface area contributed by atoms with E-state index in [1.54, 1.807) is 6.20 Å². The molecule has 0 aromatic carbocycles. The number of hydrogen-bond acceptors (Lipinski definition) is 4. The van der Waals surface area contributed by atoms with Gasteiger partial charge in [0.2, 0.25) is 0 Å². The molecule has 0 saturated heterocycles. The Hall–Kier alpha value is -1.20. The molecule has 1 aromatic heterocycles. The SMILES string of the molecule is CCOCCN(CC)c1nccc(C)c1C(N)=S. The van der Waals surface area contributed by atoms with Crippen LogP contribution in [0, 0.1) is 6.92 Å². The zero-order valence-corrected chi connectivity index (χ0v) is 12.1. The van der Waals surface area contributed by atoms with Crippen molar-refractivity contribution in [2.45, 2.75) is 20.8 Å². The van der Waals surface area contributed by atoms with Gasteiger partial charge in [0.1, 0.15) is 10.8 Å². The van der Waals surface area contributed by atoms with Gasteiger partial charge in [-0.15, -0.1) is 0 Å². The second kappa shape index (κ2) is 7.28. The van der Waals surface area contributed by atoms with Gasteiger partial charge in [0.15, 0.2) is 0 Å². The molecule has 0 saturated carbocycles. The number of aromatic nitrogens is 1. The summed E-state index contributed by atoms with van der Waals surface area (Å²) in [6.07, 6.45) is 1.79. The van der Waals surface area contributed by atoms with Gasteiger partial charge in [-0.3, -0.25) is 0 Å². The predicted molar refractivity (Wildman–Crippen MR) is 79.2 cm³/mol. The van der Waals surface area contributed by atoms with Crippen LogP contribution in [0.1, 0.15) is 25.0 Å². The first-order valence-corrected chi connectivity index (χ1v) is 6.60. The lowest BCUT2D eigenvalue weighted by Crippen LogP contribution is -2.31. The van der Waals surface area contributed by atoms with Gasteiger partial charge >= 0.3 is 0 Å². The van der Waals surface area contributed by atoms with Crippen molar-refractivity contribution in [1.29, 1.82) is 0 Å². The fraction of sp³-hybridized carbons (Fsp3) is 0.538. The number of ether oxygens (including phenoxy) is 1. The molecule has 0 bridgehead atoms. The van der Waals surface area contributed by atoms with Crippen molar-refractivity contribution in [3.8, 4) is 0 Å². The first-order chi connectivity index (χ1) is 8.61. The van der Waals surface area contributed by atoms with E-state index < -0.39 is 0 Å². The molecule has 0 aliphatic rings. The van der Waals surface area contributed by atoms with Crippen LogP contribution in [-0.4, -0.2) is 36.3 Å². The average molecular weight is 267 g/mol. The number of anilines is 1. The molecule has 100 valence electrons. The number of nitrogens with two attached hydrogens (primary N) is 1. The van der Waals surface area contributed by atoms with Gasteiger partial charge in [-0.1, -0.05) is 12.2 Å². The van der Waals surface area contributed by atoms with E-state index in [9.17, 15) is 0 Å². The molecule has 0 atom stereocenters. The van der Waals surface area contributed by atoms with E-state index in [0.717, 1.165) is 36.6 Å². The summed E-state index contributed by atoms with van der Waals surface area (Å²) in [5.41, 5.74) is 7.72. The van der Waals surface area contributed by atoms with Crippen LogP contribution in [0.5, 0.6) is 0 Å². The first kappa shape index (κ1) is 14.9. The highest BCUT2D eigenvalue weighted by Gasteiger charge is 2.15. The summed E-state index contributed by atoms with van der Waals surface area (Å²) in [6.45, 7) is 9.10. The molecule has 4 nitrogen and oxygen atoms in total. The van der Waals surface area contributed by atoms with Gasteiger partial charge in [0, 0.05) is 25.9 Å². The monoisotopic (exact) mass is 267 g/mol. The lowest BCUT2D eigenvalue weighted by atomic mass is 10.1. The smallest absolute Gasteiger partial charge is 0.139 e. The lowest BCUT2D eigenvalue weighted by molar-refractivity contribution is 0.154. The second-order valence-corrected chi connectivity index (χ2v) is 4.41. The number of aryl methyl sites for hydroxylation is 1. The van der Waals surface area contributed by atoms with Crippen molar-refractivity contribution in [1.82, 2.24) is 4.98 Å². The first-order valence-electron chi connectivity index (χ1n) is 6.19. The molecule has 1 rings (SSSR count). The Bertz CT molecular complexity index is 409. The third-order valence-corrected chi connectivity index (χ3v) is 2.98. The summed E-state index contributed by atoms with van der Waals surface area (Å²) in [5, 5.41) is 0. The summed E-state index contributed by atoms with van der Waals surface area (Å²) in [4.78, 5) is 6.94. The van der Waals surface area contributed by atoms with Crippen LogP contribution in [0.4, 0.5) is 5.82 Å². The zero-order valence-electron chi connectivity index (χ0n) is 11.3. The van der Waals surface area contributed by atoms with E-state index in [2.05, 4.69) is 16.8 Å². The van der Waals surface area contributed by atoms with Crippen LogP contribution in [0.15, 0.2) is 12.3 Å². The molecular weight excluding hydrogens is 246 g/mol. The Kier molecular flexibility index (Phi) is 6.01. The topological polar surface area (TPSA) is 51.4 Å². The van der Waals surface area contributed by atoms with Gasteiger partial charge in [0.25, 0.3) is 0 Å². The van der Waals surface area contributed by atoms with Crippen molar-refractivity contribution in [3.63, 3.8) is 0 Å². The molecule has 0 aliphatic carbocycles. The fourth-order valence-electron chi connectivity index (χ4n) is 1.82. The second-order valence-electron chi connectivity index (χ2n) is 3.97. The van der Waals surface area contributed by atoms with Crippen LogP contribution >= 0.6 is 12.2 Å². The van der Waals surface area contributed by atoms with E-state index in [4.69, 9.17) is 22.7 Å². The molecule has 5 heteroatoms. The van der Waals surface area contributed by atoms with E-state index in [0.29, 0.717) is 11.6 Å². The maximum atomic E-state index is 5.80. The standard InChI is InChI=1S/C13H21N3OS/c1-4-16(8-9-17-5-2)13-11(12(14)18)10(3)6-7-15-13/h6-7H,4-5,8-9H2,1-3H3,(H2,14,18). The molecule has 18 heavy (non-hydrogen) atoms. The summed E-state index contributed by atoms with van der Waals surface area (Å²) in [5.74, 6) is 0.852. The van der Waals surface area contributed by atoms with Gasteiger partial charge in [0.05, 0.1) is 12.2 Å². The number of likely N-dealkylation sites (N-methyl/N-ethyl adjacent to an activating group) is 1. The lowest BCUT2D eigenvalue weighted by Gasteiger charge is -2.24. The number of thiocarbonyl (C=S) groups is 1. The Balaban J connectivity index is 2.98. The van der Waals surface area contributed by atoms with Crippen LogP contribution in [0.2, 0.25) is 0 Å². The van der Waals surface area contributed by atoms with E-state index in [1.165, 1.54) is 0 Å². The molecule has 0 fully saturated rings. The van der Waals surface area contributed by atoms with Gasteiger partial charge in [-0.25, -0.2) is 4.98 Å². The number of nitrogens with zero attached hydrogens (tertiary/aromatic N) is 2. The highest BCUT2D eigenvalue weighted by Crippen LogP contribution is 2.20. The minimum absolute atomic E-state index is 0.394. The number of pyridine rings is 1. The highest BCUT2D eigenvalue weighted by atomic mass is 32.1. The number of rotatable bonds is 7. The fourth-order valence-corrected chi connectivity index (χ4v) is 2.07. The Labute approximate surface area is 114 Å². The molecule has 0 amide bonds. The van der Waals surface area contributed by atoms with Crippen LogP contribution in [0.3, 0.4) is 0 Å². The Morgan fingerprint density at radius 3 is 2.78 bits per heavy atom. The molecule has 0 aliphatic heterocycles. The van der Waals surface area contributed by atoms with Crippen molar-refractivity contribution in [3.05, 3.63) is 23.4 Å². The molecular formula is C13H21N3OS. The summed E-state index contributed by atoms with van der Waals surface area (Å²) < 4.78 is 5.38. The van der Waals surface area contributed by atoms with Crippen LogP contribution in [0.25, 0.3) is 0 Å². The summed E-state index contributed by atoms with van der Waals surface area (Å²) >= 11 is 5.12. The minimum atomic E-state index is 0.394. The van der Waals surface area contributed by atoms with Crippen molar-refractivity contribution >= 4 is 23.0 Å². The van der Waals surface area contributed by atoms with Crippen molar-refractivity contribution < 1.29 is 4.74 Å². The molecule has 0 unspecified atom stereocenters. The minimum Gasteiger partial charge on any atom is -0.389 e. The maximum absolute atomic E-state index is 5.80. The maximum Gasteiger partial charge on any atom is 0.139 e. The zero-order chi connectivity index (χ0) is 13.5. The quantitative estimate of drug-likeness (QED) is 0.604. The molecule has 1 heterocycles. The van der Waals surface area contributed by atoms with E-state index >= 15 is 0 Å². The largest absolute Gasteiger partial charge is 0.389 e. The Morgan fingerprint density at radius 2 is 2.22 bits per heavy atom. The van der Waals surface area contributed by atoms with Crippen molar-refractivity contribution in [2.75, 3.05) is 31.2 Å². The van der Waals surface area contributed by atoms with Gasteiger partial charge in [-0.2, -0.15) is 0 Å². The van der Waals surface area contributed by atoms with Crippen LogP contribution < -0.4 is 10.6 Å². The molecule has 0 radical (unpaired) electrons. The summed E-state index contributed by atoms with van der Waals surface area (Å²) in [6, 6.07) is 1.92.